The van der Waals surface area contributed by atoms with Crippen LogP contribution in [0.4, 0.5) is 0 Å². The molecule has 42 heavy (non-hydrogen) atoms. The van der Waals surface area contributed by atoms with E-state index in [-0.39, 0.29) is 30.2 Å². The summed E-state index contributed by atoms with van der Waals surface area (Å²) < 4.78 is 0. The molecule has 4 aromatic rings. The van der Waals surface area contributed by atoms with Crippen molar-refractivity contribution in [2.24, 2.45) is 11.8 Å². The molecule has 0 bridgehead atoms. The van der Waals surface area contributed by atoms with Gasteiger partial charge in [0.15, 0.2) is 0 Å². The van der Waals surface area contributed by atoms with Gasteiger partial charge in [0, 0.05) is 0 Å². The average molecular weight is 699 g/mol. The molecule has 2 aliphatic rings. The van der Waals surface area contributed by atoms with Gasteiger partial charge in [-0.25, -0.2) is 0 Å². The fourth-order valence-electron chi connectivity index (χ4n) is 7.41. The molecular weight excluding hydrogens is 647 g/mol. The molecule has 0 radical (unpaired) electrons. The second-order valence-corrected chi connectivity index (χ2v) is 22.8. The molecule has 228 valence electrons. The summed E-state index contributed by atoms with van der Waals surface area (Å²) in [6.07, 6.45) is 11.2. The minimum absolute atomic E-state index is 0. The Morgan fingerprint density at radius 2 is 0.905 bits per heavy atom. The summed E-state index contributed by atoms with van der Waals surface area (Å²) in [6.45, 7) is 18.5. The van der Waals surface area contributed by atoms with E-state index in [0.717, 1.165) is 23.7 Å². The van der Waals surface area contributed by atoms with Crippen LogP contribution in [0.1, 0.15) is 110 Å². The van der Waals surface area contributed by atoms with Gasteiger partial charge >= 0.3 is 41.9 Å². The Balaban J connectivity index is 0.000000250. The molecule has 0 saturated heterocycles. The molecule has 6 rings (SSSR count). The Morgan fingerprint density at radius 3 is 1.21 bits per heavy atom. The molecule has 0 aliphatic heterocycles. The smallest absolute Gasteiger partial charge is 0.0443 e. The molecule has 0 atom stereocenters. The average Bonchev–Trinajstić information content (AvgIpc) is 3.43. The van der Waals surface area contributed by atoms with Crippen molar-refractivity contribution in [3.8, 4) is 0 Å². The molecule has 0 unspecified atom stereocenters. The Morgan fingerprint density at radius 1 is 0.595 bits per heavy atom. The Bertz CT molecular complexity index is 1320. The fraction of sp³-hybridized carbons (Fsp3) is 0.526. The van der Waals surface area contributed by atoms with E-state index in [2.05, 4.69) is 103 Å². The van der Waals surface area contributed by atoms with Crippen LogP contribution in [0.2, 0.25) is 13.1 Å². The van der Waals surface area contributed by atoms with Gasteiger partial charge in [0.05, 0.1) is 0 Å². The minimum atomic E-state index is 0. The van der Waals surface area contributed by atoms with Crippen LogP contribution in [0.5, 0.6) is 0 Å². The van der Waals surface area contributed by atoms with Crippen LogP contribution in [0, 0.1) is 39.5 Å². The monoisotopic (exact) mass is 696 g/mol. The molecule has 0 amide bonds. The molecule has 0 aromatic heterocycles. The van der Waals surface area contributed by atoms with Crippen LogP contribution in [0.15, 0.2) is 48.5 Å². The summed E-state index contributed by atoms with van der Waals surface area (Å²) in [6, 6.07) is 18.3. The normalized spacial score (nSPS) is 21.8. The zero-order valence-corrected chi connectivity index (χ0v) is 32.3. The molecule has 2 fully saturated rings. The van der Waals surface area contributed by atoms with E-state index in [9.17, 15) is 0 Å². The zero-order valence-electron chi connectivity index (χ0n) is 27.3. The molecule has 2 saturated carbocycles. The standard InChI is InChI=1S/2C18H23.C2H6Si.2ClH.Zr/c2*1-12-7-9-15(10-8-12)18-14(3)11-17-13(2)5-4-6-16(17)18;1-3-2;;;/h2*4-6,11-12,15H,7-10H2,1-3H3;1-2H3;2*1H;/q2*-1;;;;+2/p-2. The van der Waals surface area contributed by atoms with Gasteiger partial charge in [0.25, 0.3) is 0 Å². The topological polar surface area (TPSA) is 0 Å². The van der Waals surface area contributed by atoms with E-state index in [4.69, 9.17) is 0 Å². The molecule has 2 aliphatic carbocycles. The molecule has 0 heterocycles. The SMILES string of the molecule is C[Si](C)=[Zr+2].Cc1[cH-]c2c(C)cccc2c1C1CCC(C)CC1.Cc1[cH-]c2c(C)cccc2c1C1CCC(C)CC1.[Cl-].[Cl-]. The van der Waals surface area contributed by atoms with Crippen LogP contribution in [-0.4, -0.2) is 5.43 Å². The molecule has 0 N–H and O–H groups in total. The van der Waals surface area contributed by atoms with Gasteiger partial charge in [-0.05, 0) is 11.8 Å². The summed E-state index contributed by atoms with van der Waals surface area (Å²) >= 11 is 1.74. The number of fused-ring (bicyclic) bond motifs is 2. The van der Waals surface area contributed by atoms with Crippen molar-refractivity contribution >= 4 is 27.0 Å². The Labute approximate surface area is 284 Å². The minimum Gasteiger partial charge on any atom is -1.00 e. The molecule has 4 heteroatoms. The van der Waals surface area contributed by atoms with E-state index < -0.39 is 0 Å². The van der Waals surface area contributed by atoms with Gasteiger partial charge in [0.2, 0.25) is 0 Å². The van der Waals surface area contributed by atoms with Crippen LogP contribution < -0.4 is 24.8 Å². The van der Waals surface area contributed by atoms with Gasteiger partial charge in [-0.3, -0.25) is 0 Å². The van der Waals surface area contributed by atoms with Crippen molar-refractivity contribution in [1.82, 2.24) is 0 Å². The first-order valence-corrected chi connectivity index (χ1v) is 22.1. The largest absolute Gasteiger partial charge is 1.00 e. The van der Waals surface area contributed by atoms with Crippen molar-refractivity contribution in [3.05, 3.63) is 81.9 Å². The van der Waals surface area contributed by atoms with Crippen molar-refractivity contribution in [1.29, 1.82) is 0 Å². The number of hydrogen-bond acceptors (Lipinski definition) is 0. The maximum atomic E-state index is 2.40. The fourth-order valence-corrected chi connectivity index (χ4v) is 7.41. The van der Waals surface area contributed by atoms with Crippen molar-refractivity contribution in [2.45, 2.75) is 118 Å². The van der Waals surface area contributed by atoms with Crippen molar-refractivity contribution in [2.75, 3.05) is 0 Å². The van der Waals surface area contributed by atoms with Crippen molar-refractivity contribution in [3.63, 3.8) is 0 Å². The maximum absolute atomic E-state index is 2.40. The molecule has 4 aromatic carbocycles. The van der Waals surface area contributed by atoms with E-state index >= 15 is 0 Å². The van der Waals surface area contributed by atoms with Crippen LogP contribution in [0.3, 0.4) is 0 Å². The van der Waals surface area contributed by atoms with Crippen LogP contribution in [0.25, 0.3) is 21.5 Å². The number of rotatable bonds is 2. The van der Waals surface area contributed by atoms with Gasteiger partial charge < -0.3 is 24.8 Å². The van der Waals surface area contributed by atoms with Crippen LogP contribution >= 0.6 is 0 Å². The first-order chi connectivity index (χ1) is 19.1. The molecule has 0 spiro atoms. The van der Waals surface area contributed by atoms with E-state index in [1.54, 1.807) is 34.5 Å². The first-order valence-electron chi connectivity index (χ1n) is 15.9. The Hall–Kier alpha value is -0.660. The number of halogens is 2. The third kappa shape index (κ3) is 9.19. The van der Waals surface area contributed by atoms with Gasteiger partial charge in [-0.15, -0.1) is 91.3 Å². The zero-order chi connectivity index (χ0) is 29.0. The second kappa shape index (κ2) is 17.1. The maximum Gasteiger partial charge on any atom is -0.0443 e. The Kier molecular flexibility index (Phi) is 15.3. The van der Waals surface area contributed by atoms with E-state index in [0.29, 0.717) is 0 Å². The number of aryl methyl sites for hydroxylation is 4. The second-order valence-electron chi connectivity index (χ2n) is 13.5. The predicted molar refractivity (Wildman–Crippen MR) is 176 cm³/mol. The van der Waals surface area contributed by atoms with Gasteiger partial charge in [-0.1, -0.05) is 117 Å². The summed E-state index contributed by atoms with van der Waals surface area (Å²) in [5.74, 6) is 3.48. The number of benzene rings is 2. The molecule has 0 nitrogen and oxygen atoms in total. The summed E-state index contributed by atoms with van der Waals surface area (Å²) in [5.41, 5.74) is 9.39. The predicted octanol–water partition coefficient (Wildman–Crippen LogP) is 5.73. The summed E-state index contributed by atoms with van der Waals surface area (Å²) in [7, 11) is 0. The van der Waals surface area contributed by atoms with Gasteiger partial charge in [-0.2, -0.15) is 0 Å². The van der Waals surface area contributed by atoms with E-state index in [1.165, 1.54) is 95.2 Å². The number of hydrogen-bond donors (Lipinski definition) is 0. The third-order valence-electron chi connectivity index (χ3n) is 9.65. The quantitative estimate of drug-likeness (QED) is 0.186. The van der Waals surface area contributed by atoms with Crippen molar-refractivity contribution < 1.29 is 48.1 Å². The van der Waals surface area contributed by atoms with Crippen LogP contribution in [-0.2, 0) is 23.3 Å². The first kappa shape index (κ1) is 37.5. The summed E-state index contributed by atoms with van der Waals surface area (Å²) in [4.78, 5) is 0. The summed E-state index contributed by atoms with van der Waals surface area (Å²) in [5, 5.41) is 5.99. The van der Waals surface area contributed by atoms with E-state index in [1.807, 2.05) is 0 Å². The molecular formula is C38H52Cl2SiZr-2. The third-order valence-corrected chi connectivity index (χ3v) is 9.65. The van der Waals surface area contributed by atoms with Gasteiger partial charge in [0.1, 0.15) is 0 Å².